The zero-order valence-corrected chi connectivity index (χ0v) is 11.8. The van der Waals surface area contributed by atoms with E-state index in [2.05, 4.69) is 16.7 Å². The Morgan fingerprint density at radius 1 is 1.35 bits per heavy atom. The van der Waals surface area contributed by atoms with Gasteiger partial charge in [-0.1, -0.05) is 24.3 Å². The molecule has 3 N–H and O–H groups in total. The lowest BCUT2D eigenvalue weighted by molar-refractivity contribution is 0.0291. The minimum atomic E-state index is -0.854. The van der Waals surface area contributed by atoms with Crippen molar-refractivity contribution in [2.24, 2.45) is 0 Å². The van der Waals surface area contributed by atoms with Crippen LogP contribution in [-0.2, 0) is 17.6 Å². The van der Waals surface area contributed by atoms with Crippen LogP contribution >= 0.6 is 0 Å². The van der Waals surface area contributed by atoms with Gasteiger partial charge in [-0.25, -0.2) is 4.79 Å². The molecule has 5 heteroatoms. The quantitative estimate of drug-likeness (QED) is 0.699. The molecule has 110 valence electrons. The topological polar surface area (TPSA) is 70.6 Å². The van der Waals surface area contributed by atoms with Crippen molar-refractivity contribution in [3.63, 3.8) is 0 Å². The molecule has 1 atom stereocenters. The Kier molecular flexibility index (Phi) is 4.98. The van der Waals surface area contributed by atoms with Crippen molar-refractivity contribution in [3.05, 3.63) is 35.4 Å². The molecule has 0 radical (unpaired) electrons. The molecule has 1 aliphatic carbocycles. The van der Waals surface area contributed by atoms with Crippen molar-refractivity contribution in [2.75, 3.05) is 26.8 Å². The summed E-state index contributed by atoms with van der Waals surface area (Å²) in [5.74, 6) is 0. The minimum absolute atomic E-state index is 0.264. The molecule has 0 aromatic heterocycles. The largest absolute Gasteiger partial charge is 0.388 e. The first-order chi connectivity index (χ1) is 9.63. The number of methoxy groups -OCH3 is 1. The second kappa shape index (κ2) is 6.72. The lowest BCUT2D eigenvalue weighted by Crippen LogP contribution is -2.49. The summed E-state index contributed by atoms with van der Waals surface area (Å²) in [6.07, 6.45) is 2.10. The van der Waals surface area contributed by atoms with E-state index in [1.54, 1.807) is 7.11 Å². The third kappa shape index (κ3) is 3.95. The Morgan fingerprint density at radius 2 is 2.10 bits per heavy atom. The maximum absolute atomic E-state index is 11.6. The van der Waals surface area contributed by atoms with Crippen LogP contribution < -0.4 is 10.6 Å². The highest BCUT2D eigenvalue weighted by Gasteiger charge is 2.32. The average Bonchev–Trinajstić information content (AvgIpc) is 2.45. The number of ether oxygens (including phenoxy) is 1. The molecule has 0 heterocycles. The summed E-state index contributed by atoms with van der Waals surface area (Å²) in [6.45, 7) is 1.20. The van der Waals surface area contributed by atoms with Gasteiger partial charge in [0, 0.05) is 26.6 Å². The predicted molar refractivity (Wildman–Crippen MR) is 76.7 cm³/mol. The van der Waals surface area contributed by atoms with Crippen LogP contribution in [-0.4, -0.2) is 43.5 Å². The SMILES string of the molecule is COCCNC(=O)NC[C@]1(O)CCc2ccccc2C1. The number of benzene rings is 1. The summed E-state index contributed by atoms with van der Waals surface area (Å²) < 4.78 is 4.85. The molecule has 1 aromatic rings. The van der Waals surface area contributed by atoms with Crippen LogP contribution in [0.3, 0.4) is 0 Å². The number of hydrogen-bond donors (Lipinski definition) is 3. The lowest BCUT2D eigenvalue weighted by atomic mass is 9.80. The van der Waals surface area contributed by atoms with E-state index in [1.165, 1.54) is 11.1 Å². The molecule has 0 bridgehead atoms. The van der Waals surface area contributed by atoms with Gasteiger partial charge in [0.15, 0.2) is 0 Å². The maximum Gasteiger partial charge on any atom is 0.314 e. The van der Waals surface area contributed by atoms with Crippen LogP contribution in [0.4, 0.5) is 4.79 Å². The second-order valence-electron chi connectivity index (χ2n) is 5.27. The number of carbonyl (C=O) groups is 1. The molecular weight excluding hydrogens is 256 g/mol. The Labute approximate surface area is 119 Å². The number of aryl methyl sites for hydroxylation is 1. The summed E-state index contributed by atoms with van der Waals surface area (Å²) in [5.41, 5.74) is 1.61. The van der Waals surface area contributed by atoms with E-state index >= 15 is 0 Å². The van der Waals surface area contributed by atoms with E-state index in [0.29, 0.717) is 26.0 Å². The van der Waals surface area contributed by atoms with Gasteiger partial charge in [0.1, 0.15) is 0 Å². The fourth-order valence-electron chi connectivity index (χ4n) is 2.51. The molecule has 1 aromatic carbocycles. The fourth-order valence-corrected chi connectivity index (χ4v) is 2.51. The van der Waals surface area contributed by atoms with E-state index in [-0.39, 0.29) is 12.6 Å². The van der Waals surface area contributed by atoms with Gasteiger partial charge in [0.25, 0.3) is 0 Å². The minimum Gasteiger partial charge on any atom is -0.388 e. The molecule has 2 rings (SSSR count). The molecule has 0 saturated carbocycles. The molecule has 0 saturated heterocycles. The van der Waals surface area contributed by atoms with Crippen molar-refractivity contribution in [2.45, 2.75) is 24.9 Å². The number of hydrogen-bond acceptors (Lipinski definition) is 3. The fraction of sp³-hybridized carbons (Fsp3) is 0.533. The van der Waals surface area contributed by atoms with Crippen molar-refractivity contribution >= 4 is 6.03 Å². The van der Waals surface area contributed by atoms with Gasteiger partial charge in [0.05, 0.1) is 12.2 Å². The molecule has 0 unspecified atom stereocenters. The van der Waals surface area contributed by atoms with Crippen LogP contribution in [0.1, 0.15) is 17.5 Å². The summed E-state index contributed by atoms with van der Waals surface area (Å²) >= 11 is 0. The van der Waals surface area contributed by atoms with Gasteiger partial charge in [-0.2, -0.15) is 0 Å². The zero-order valence-electron chi connectivity index (χ0n) is 11.8. The van der Waals surface area contributed by atoms with Crippen LogP contribution in [0.15, 0.2) is 24.3 Å². The predicted octanol–water partition coefficient (Wildman–Crippen LogP) is 0.852. The van der Waals surface area contributed by atoms with Crippen molar-refractivity contribution in [1.82, 2.24) is 10.6 Å². The summed E-state index contributed by atoms with van der Waals surface area (Å²) in [6, 6.07) is 7.87. The Bertz CT molecular complexity index is 464. The third-order valence-corrected chi connectivity index (χ3v) is 3.67. The number of nitrogens with one attached hydrogen (secondary N) is 2. The van der Waals surface area contributed by atoms with E-state index < -0.39 is 5.60 Å². The third-order valence-electron chi connectivity index (χ3n) is 3.67. The number of amides is 2. The Morgan fingerprint density at radius 3 is 2.85 bits per heavy atom. The second-order valence-corrected chi connectivity index (χ2v) is 5.27. The zero-order chi connectivity index (χ0) is 14.4. The summed E-state index contributed by atoms with van der Waals surface area (Å²) in [5, 5.41) is 16.0. The summed E-state index contributed by atoms with van der Waals surface area (Å²) in [4.78, 5) is 11.6. The first-order valence-corrected chi connectivity index (χ1v) is 6.93. The van der Waals surface area contributed by atoms with Gasteiger partial charge < -0.3 is 20.5 Å². The number of rotatable bonds is 5. The van der Waals surface area contributed by atoms with Gasteiger partial charge in [-0.05, 0) is 24.0 Å². The van der Waals surface area contributed by atoms with Gasteiger partial charge in [-0.15, -0.1) is 0 Å². The molecule has 0 spiro atoms. The Balaban J connectivity index is 1.83. The normalized spacial score (nSPS) is 21.1. The molecule has 5 nitrogen and oxygen atoms in total. The first kappa shape index (κ1) is 14.8. The van der Waals surface area contributed by atoms with Crippen LogP contribution in [0.25, 0.3) is 0 Å². The number of fused-ring (bicyclic) bond motifs is 1. The van der Waals surface area contributed by atoms with Gasteiger partial charge in [0.2, 0.25) is 0 Å². The molecule has 0 fully saturated rings. The van der Waals surface area contributed by atoms with Crippen molar-refractivity contribution < 1.29 is 14.6 Å². The highest BCUT2D eigenvalue weighted by atomic mass is 16.5. The van der Waals surface area contributed by atoms with Crippen molar-refractivity contribution in [3.8, 4) is 0 Å². The average molecular weight is 278 g/mol. The van der Waals surface area contributed by atoms with E-state index in [9.17, 15) is 9.90 Å². The van der Waals surface area contributed by atoms with Crippen LogP contribution in [0.5, 0.6) is 0 Å². The van der Waals surface area contributed by atoms with Crippen LogP contribution in [0.2, 0.25) is 0 Å². The number of aliphatic hydroxyl groups is 1. The van der Waals surface area contributed by atoms with E-state index in [0.717, 1.165) is 6.42 Å². The number of carbonyl (C=O) groups excluding carboxylic acids is 1. The molecule has 2 amide bonds. The standard InChI is InChI=1S/C15H22N2O3/c1-20-9-8-16-14(18)17-11-15(19)7-6-12-4-2-3-5-13(12)10-15/h2-5,19H,6-11H2,1H3,(H2,16,17,18)/t15-/m0/s1. The lowest BCUT2D eigenvalue weighted by Gasteiger charge is -2.33. The van der Waals surface area contributed by atoms with Crippen molar-refractivity contribution in [1.29, 1.82) is 0 Å². The highest BCUT2D eigenvalue weighted by molar-refractivity contribution is 5.73. The first-order valence-electron chi connectivity index (χ1n) is 6.93. The highest BCUT2D eigenvalue weighted by Crippen LogP contribution is 2.28. The van der Waals surface area contributed by atoms with E-state index in [4.69, 9.17) is 4.74 Å². The molecular formula is C15H22N2O3. The Hall–Kier alpha value is -1.59. The number of urea groups is 1. The monoisotopic (exact) mass is 278 g/mol. The molecule has 0 aliphatic heterocycles. The smallest absolute Gasteiger partial charge is 0.314 e. The van der Waals surface area contributed by atoms with Gasteiger partial charge >= 0.3 is 6.03 Å². The maximum atomic E-state index is 11.6. The summed E-state index contributed by atoms with van der Waals surface area (Å²) in [7, 11) is 1.59. The molecule has 20 heavy (non-hydrogen) atoms. The van der Waals surface area contributed by atoms with Crippen LogP contribution in [0, 0.1) is 0 Å². The molecule has 1 aliphatic rings. The van der Waals surface area contributed by atoms with Gasteiger partial charge in [-0.3, -0.25) is 0 Å². The van der Waals surface area contributed by atoms with E-state index in [1.807, 2.05) is 18.2 Å².